The molecule has 158 valence electrons. The minimum atomic E-state index is 0.266. The molecule has 0 spiro atoms. The van der Waals surface area contributed by atoms with Gasteiger partial charge in [-0.2, -0.15) is 10.2 Å². The van der Waals surface area contributed by atoms with Crippen LogP contribution >= 0.6 is 0 Å². The normalized spacial score (nSPS) is 12.3. The molecule has 31 heavy (non-hydrogen) atoms. The maximum atomic E-state index is 5.92. The molecule has 0 fully saturated rings. The Bertz CT molecular complexity index is 1230. The Morgan fingerprint density at radius 1 is 1.16 bits per heavy atom. The van der Waals surface area contributed by atoms with Crippen molar-refractivity contribution in [2.24, 2.45) is 10.7 Å². The Balaban J connectivity index is 1.63. The minimum Gasteiger partial charge on any atom is -0.497 e. The first-order valence-corrected chi connectivity index (χ1v) is 10.0. The molecule has 0 amide bonds. The van der Waals surface area contributed by atoms with Gasteiger partial charge in [0.2, 0.25) is 0 Å². The van der Waals surface area contributed by atoms with Crippen LogP contribution in [0.4, 0.5) is 0 Å². The summed E-state index contributed by atoms with van der Waals surface area (Å²) in [6, 6.07) is 10.0. The van der Waals surface area contributed by atoms with Crippen LogP contribution in [0.1, 0.15) is 31.1 Å². The lowest BCUT2D eigenvalue weighted by atomic mass is 10.1. The van der Waals surface area contributed by atoms with Crippen molar-refractivity contribution in [1.82, 2.24) is 24.4 Å². The number of rotatable bonds is 7. The fourth-order valence-corrected chi connectivity index (χ4v) is 3.20. The van der Waals surface area contributed by atoms with Crippen LogP contribution < -0.4 is 10.5 Å². The molecule has 0 unspecified atom stereocenters. The van der Waals surface area contributed by atoms with Gasteiger partial charge in [0.15, 0.2) is 0 Å². The Kier molecular flexibility index (Phi) is 5.79. The monoisotopic (exact) mass is 415 g/mol. The maximum Gasteiger partial charge on any atom is 0.118 e. The molecule has 8 nitrogen and oxygen atoms in total. The van der Waals surface area contributed by atoms with Crippen molar-refractivity contribution in [3.63, 3.8) is 0 Å². The van der Waals surface area contributed by atoms with E-state index in [1.165, 1.54) is 6.20 Å². The molecular formula is C23H25N7O. The van der Waals surface area contributed by atoms with Crippen molar-refractivity contribution in [1.29, 1.82) is 0 Å². The van der Waals surface area contributed by atoms with E-state index in [-0.39, 0.29) is 6.04 Å². The Morgan fingerprint density at radius 3 is 2.65 bits per heavy atom. The molecule has 4 aromatic rings. The summed E-state index contributed by atoms with van der Waals surface area (Å²) in [7, 11) is 1.65. The first-order chi connectivity index (χ1) is 15.1. The van der Waals surface area contributed by atoms with Crippen LogP contribution in [0.25, 0.3) is 22.3 Å². The molecule has 1 aromatic carbocycles. The summed E-state index contributed by atoms with van der Waals surface area (Å²) in [5, 5.41) is 8.84. The molecule has 0 aliphatic carbocycles. The van der Waals surface area contributed by atoms with Gasteiger partial charge in [0.05, 0.1) is 49.1 Å². The molecule has 3 heterocycles. The van der Waals surface area contributed by atoms with Gasteiger partial charge >= 0.3 is 0 Å². The third-order valence-corrected chi connectivity index (χ3v) is 4.93. The van der Waals surface area contributed by atoms with E-state index in [1.807, 2.05) is 53.6 Å². The summed E-state index contributed by atoms with van der Waals surface area (Å²) in [4.78, 5) is 9.41. The van der Waals surface area contributed by atoms with Crippen molar-refractivity contribution in [2.75, 3.05) is 7.11 Å². The molecule has 0 atom stereocenters. The van der Waals surface area contributed by atoms with E-state index in [0.717, 1.165) is 28.1 Å². The Hall–Kier alpha value is -3.94. The smallest absolute Gasteiger partial charge is 0.118 e. The molecule has 0 saturated carbocycles. The van der Waals surface area contributed by atoms with Crippen molar-refractivity contribution < 1.29 is 4.74 Å². The minimum absolute atomic E-state index is 0.266. The van der Waals surface area contributed by atoms with E-state index < -0.39 is 0 Å². The Labute approximate surface area is 180 Å². The maximum absolute atomic E-state index is 5.92. The zero-order chi connectivity index (χ0) is 21.8. The third kappa shape index (κ3) is 4.32. The molecule has 0 saturated heterocycles. The van der Waals surface area contributed by atoms with E-state index >= 15 is 0 Å². The number of benzene rings is 1. The van der Waals surface area contributed by atoms with Crippen molar-refractivity contribution in [2.45, 2.75) is 26.4 Å². The van der Waals surface area contributed by atoms with Crippen LogP contribution in [0.5, 0.6) is 5.75 Å². The first kappa shape index (κ1) is 20.3. The number of hydrogen-bond acceptors (Lipinski definition) is 6. The zero-order valence-corrected chi connectivity index (χ0v) is 17.8. The number of allylic oxidation sites excluding steroid dienone is 1. The number of aliphatic imine (C=N–C) groups is 1. The van der Waals surface area contributed by atoms with Crippen LogP contribution in [0.3, 0.4) is 0 Å². The summed E-state index contributed by atoms with van der Waals surface area (Å²) in [6.45, 7) is 4.70. The highest BCUT2D eigenvalue weighted by Gasteiger charge is 2.14. The van der Waals surface area contributed by atoms with E-state index in [2.05, 4.69) is 29.0 Å². The summed E-state index contributed by atoms with van der Waals surface area (Å²) in [5.74, 6) is 0.820. The van der Waals surface area contributed by atoms with Crippen LogP contribution in [0, 0.1) is 0 Å². The SMILES string of the molecule is COc1ccc(CN=CC(=CN)c2cn3nccc3c(-c3cnn(C(C)C)c3)n2)cc1. The van der Waals surface area contributed by atoms with Gasteiger partial charge in [0.25, 0.3) is 0 Å². The standard InChI is InChI=1S/C23H25N7O/c1-16(2)29-14-19(13-27-29)23-22-8-9-26-30(22)15-21(28-23)18(10-24)12-25-11-17-4-6-20(31-3)7-5-17/h4-10,12-16H,11,24H2,1-3H3. The summed E-state index contributed by atoms with van der Waals surface area (Å²) < 4.78 is 8.90. The van der Waals surface area contributed by atoms with Crippen molar-refractivity contribution in [3.05, 3.63) is 72.6 Å². The highest BCUT2D eigenvalue weighted by Crippen LogP contribution is 2.25. The van der Waals surface area contributed by atoms with Gasteiger partial charge in [0.1, 0.15) is 5.75 Å². The number of ether oxygens (including phenoxy) is 1. The second-order valence-electron chi connectivity index (χ2n) is 7.38. The van der Waals surface area contributed by atoms with Gasteiger partial charge in [-0.05, 0) is 37.6 Å². The molecule has 2 N–H and O–H groups in total. The second kappa shape index (κ2) is 8.83. The largest absolute Gasteiger partial charge is 0.497 e. The number of nitrogens with zero attached hydrogens (tertiary/aromatic N) is 6. The van der Waals surface area contributed by atoms with Crippen LogP contribution in [-0.4, -0.2) is 37.7 Å². The number of fused-ring (bicyclic) bond motifs is 1. The van der Waals surface area contributed by atoms with E-state index in [1.54, 1.807) is 24.0 Å². The molecule has 8 heteroatoms. The van der Waals surface area contributed by atoms with Crippen molar-refractivity contribution >= 4 is 17.3 Å². The fraction of sp³-hybridized carbons (Fsp3) is 0.217. The predicted molar refractivity (Wildman–Crippen MR) is 122 cm³/mol. The van der Waals surface area contributed by atoms with Crippen LogP contribution in [0.2, 0.25) is 0 Å². The molecule has 3 aromatic heterocycles. The number of methoxy groups -OCH3 is 1. The third-order valence-electron chi connectivity index (χ3n) is 4.93. The lowest BCUT2D eigenvalue weighted by Gasteiger charge is -2.07. The van der Waals surface area contributed by atoms with E-state index in [4.69, 9.17) is 15.5 Å². The number of nitrogens with two attached hydrogens (primary N) is 1. The highest BCUT2D eigenvalue weighted by atomic mass is 16.5. The van der Waals surface area contributed by atoms with Gasteiger partial charge in [0, 0.05) is 35.8 Å². The fourth-order valence-electron chi connectivity index (χ4n) is 3.20. The molecule has 4 rings (SSSR count). The van der Waals surface area contributed by atoms with E-state index in [0.29, 0.717) is 17.8 Å². The molecule has 0 aliphatic rings. The van der Waals surface area contributed by atoms with Gasteiger partial charge in [-0.3, -0.25) is 9.67 Å². The van der Waals surface area contributed by atoms with Crippen LogP contribution in [-0.2, 0) is 6.54 Å². The number of hydrogen-bond donors (Lipinski definition) is 1. The summed E-state index contributed by atoms with van der Waals surface area (Å²) in [5.41, 5.74) is 11.0. The molecule has 0 bridgehead atoms. The van der Waals surface area contributed by atoms with Crippen molar-refractivity contribution in [3.8, 4) is 17.0 Å². The summed E-state index contributed by atoms with van der Waals surface area (Å²) in [6.07, 6.45) is 10.7. The Morgan fingerprint density at radius 2 is 1.97 bits per heavy atom. The zero-order valence-electron chi connectivity index (χ0n) is 17.8. The topological polar surface area (TPSA) is 95.6 Å². The summed E-state index contributed by atoms with van der Waals surface area (Å²) >= 11 is 0. The first-order valence-electron chi connectivity index (χ1n) is 10.0. The average molecular weight is 416 g/mol. The molecular weight excluding hydrogens is 390 g/mol. The highest BCUT2D eigenvalue weighted by molar-refractivity contribution is 6.09. The van der Waals surface area contributed by atoms with Gasteiger partial charge in [-0.15, -0.1) is 0 Å². The van der Waals surface area contributed by atoms with E-state index in [9.17, 15) is 0 Å². The van der Waals surface area contributed by atoms with Gasteiger partial charge < -0.3 is 10.5 Å². The van der Waals surface area contributed by atoms with Gasteiger partial charge in [-0.25, -0.2) is 9.50 Å². The molecule has 0 aliphatic heterocycles. The quantitative estimate of drug-likeness (QED) is 0.464. The van der Waals surface area contributed by atoms with Gasteiger partial charge in [-0.1, -0.05) is 12.1 Å². The average Bonchev–Trinajstić information content (AvgIpc) is 3.46. The lowest BCUT2D eigenvalue weighted by molar-refractivity contribution is 0.414. The second-order valence-corrected chi connectivity index (χ2v) is 7.38. The molecule has 0 radical (unpaired) electrons. The lowest BCUT2D eigenvalue weighted by Crippen LogP contribution is -2.02. The van der Waals surface area contributed by atoms with Crippen LogP contribution in [0.15, 0.2) is 66.3 Å². The number of aromatic nitrogens is 5. The predicted octanol–water partition coefficient (Wildman–Crippen LogP) is 3.75.